The Morgan fingerprint density at radius 3 is 2.53 bits per heavy atom. The lowest BCUT2D eigenvalue weighted by atomic mass is 9.44. The number of carbonyl (C=O) groups excluding carboxylic acids is 2. The monoisotopic (exact) mass is 472 g/mol. The first-order valence-electron chi connectivity index (χ1n) is 13.4. The second-order valence-corrected chi connectivity index (χ2v) is 13.2. The van der Waals surface area contributed by atoms with Crippen molar-refractivity contribution in [2.45, 2.75) is 103 Å². The third kappa shape index (κ3) is 2.58. The minimum Gasteiger partial charge on any atom is -0.459 e. The number of cyclic esters (lactones) is 1. The molecule has 188 valence electrons. The fourth-order valence-electron chi connectivity index (χ4n) is 9.80. The number of esters is 1. The van der Waals surface area contributed by atoms with Crippen molar-refractivity contribution < 1.29 is 29.3 Å². The zero-order chi connectivity index (χ0) is 24.4. The molecule has 6 aliphatic rings. The third-order valence-electron chi connectivity index (χ3n) is 12.0. The Morgan fingerprint density at radius 1 is 1.09 bits per heavy atom. The molecule has 0 amide bonds. The van der Waals surface area contributed by atoms with E-state index in [2.05, 4.69) is 13.8 Å². The summed E-state index contributed by atoms with van der Waals surface area (Å²) in [4.78, 5) is 25.8. The predicted molar refractivity (Wildman–Crippen MR) is 124 cm³/mol. The zero-order valence-electron chi connectivity index (χ0n) is 21.1. The molecule has 1 spiro atoms. The highest BCUT2D eigenvalue weighted by atomic mass is 16.6. The van der Waals surface area contributed by atoms with E-state index in [9.17, 15) is 19.8 Å². The number of carbonyl (C=O) groups is 2. The van der Waals surface area contributed by atoms with Crippen LogP contribution in [0.4, 0.5) is 0 Å². The van der Waals surface area contributed by atoms with Gasteiger partial charge in [0.15, 0.2) is 5.78 Å². The topological polar surface area (TPSA) is 96.4 Å². The maximum Gasteiger partial charge on any atom is 0.309 e. The van der Waals surface area contributed by atoms with Crippen LogP contribution in [0.1, 0.15) is 73.1 Å². The maximum absolute atomic E-state index is 13.3. The first-order valence-corrected chi connectivity index (χ1v) is 13.4. The number of ether oxygens (including phenoxy) is 2. The summed E-state index contributed by atoms with van der Waals surface area (Å²) in [6.07, 6.45) is 7.21. The minimum atomic E-state index is -1.08. The SMILES string of the molecule is C[C@H]1C[C@H]([C@](C)(O)[C@H]2CC[C@H]3[C@@H]4C[C@H]5O[C@]56[C@@H](O)C=CC(=O)[C@]6(C)[C@H]4CC[C@]23C)OC(=O)[C@@H]1C. The average molecular weight is 473 g/mol. The van der Waals surface area contributed by atoms with E-state index in [1.165, 1.54) is 0 Å². The number of fused-ring (bicyclic) bond motifs is 4. The molecule has 2 saturated heterocycles. The van der Waals surface area contributed by atoms with Gasteiger partial charge >= 0.3 is 5.97 Å². The van der Waals surface area contributed by atoms with Crippen molar-refractivity contribution >= 4 is 11.8 Å². The van der Waals surface area contributed by atoms with Gasteiger partial charge in [0.25, 0.3) is 0 Å². The van der Waals surface area contributed by atoms with Gasteiger partial charge in [0, 0.05) is 0 Å². The van der Waals surface area contributed by atoms with Crippen molar-refractivity contribution in [2.24, 2.45) is 46.3 Å². The molecule has 13 atom stereocenters. The van der Waals surface area contributed by atoms with Crippen LogP contribution in [0.15, 0.2) is 12.2 Å². The van der Waals surface area contributed by atoms with Crippen LogP contribution in [-0.4, -0.2) is 51.5 Å². The first-order chi connectivity index (χ1) is 15.9. The van der Waals surface area contributed by atoms with Crippen molar-refractivity contribution in [1.82, 2.24) is 0 Å². The number of epoxide rings is 1. The normalized spacial score (nSPS) is 57.6. The van der Waals surface area contributed by atoms with Gasteiger partial charge in [0.2, 0.25) is 0 Å². The van der Waals surface area contributed by atoms with Gasteiger partial charge in [-0.05, 0) is 99.5 Å². The average Bonchev–Trinajstić information content (AvgIpc) is 3.40. The largest absolute Gasteiger partial charge is 0.459 e. The number of hydrogen-bond donors (Lipinski definition) is 2. The molecule has 5 fully saturated rings. The van der Waals surface area contributed by atoms with E-state index < -0.39 is 28.8 Å². The summed E-state index contributed by atoms with van der Waals surface area (Å²) in [5.74, 6) is 0.885. The van der Waals surface area contributed by atoms with Crippen LogP contribution >= 0.6 is 0 Å². The summed E-state index contributed by atoms with van der Waals surface area (Å²) in [6.45, 7) is 10.2. The van der Waals surface area contributed by atoms with E-state index in [4.69, 9.17) is 9.47 Å². The molecular weight excluding hydrogens is 432 g/mol. The van der Waals surface area contributed by atoms with E-state index in [0.29, 0.717) is 18.3 Å². The number of hydrogen-bond acceptors (Lipinski definition) is 6. The van der Waals surface area contributed by atoms with Crippen LogP contribution in [0, 0.1) is 46.3 Å². The molecule has 3 saturated carbocycles. The smallest absolute Gasteiger partial charge is 0.309 e. The molecular formula is C28H40O6. The second-order valence-electron chi connectivity index (χ2n) is 13.2. The Kier molecular flexibility index (Phi) is 4.74. The van der Waals surface area contributed by atoms with Crippen LogP contribution in [0.5, 0.6) is 0 Å². The van der Waals surface area contributed by atoms with Crippen LogP contribution in [0.2, 0.25) is 0 Å². The van der Waals surface area contributed by atoms with E-state index in [-0.39, 0.29) is 46.9 Å². The van der Waals surface area contributed by atoms with Crippen LogP contribution in [-0.2, 0) is 19.1 Å². The van der Waals surface area contributed by atoms with Gasteiger partial charge in [-0.1, -0.05) is 20.8 Å². The zero-order valence-corrected chi connectivity index (χ0v) is 21.1. The van der Waals surface area contributed by atoms with Crippen molar-refractivity contribution in [3.63, 3.8) is 0 Å². The van der Waals surface area contributed by atoms with Crippen LogP contribution in [0.3, 0.4) is 0 Å². The van der Waals surface area contributed by atoms with E-state index in [1.54, 1.807) is 12.2 Å². The molecule has 6 heteroatoms. The molecule has 2 heterocycles. The highest BCUT2D eigenvalue weighted by Gasteiger charge is 2.80. The molecule has 0 radical (unpaired) electrons. The maximum atomic E-state index is 13.3. The third-order valence-corrected chi connectivity index (χ3v) is 12.0. The van der Waals surface area contributed by atoms with Gasteiger partial charge in [0.05, 0.1) is 17.4 Å². The lowest BCUT2D eigenvalue weighted by Crippen LogP contribution is -2.64. The molecule has 4 aliphatic carbocycles. The quantitative estimate of drug-likeness (QED) is 0.472. The van der Waals surface area contributed by atoms with Crippen molar-refractivity contribution in [2.75, 3.05) is 0 Å². The molecule has 6 rings (SSSR count). The second kappa shape index (κ2) is 6.95. The molecule has 2 aliphatic heterocycles. The molecule has 0 unspecified atom stereocenters. The minimum absolute atomic E-state index is 0.0384. The summed E-state index contributed by atoms with van der Waals surface area (Å²) in [6, 6.07) is 0. The highest BCUT2D eigenvalue weighted by Crippen LogP contribution is 2.73. The molecule has 6 nitrogen and oxygen atoms in total. The highest BCUT2D eigenvalue weighted by molar-refractivity contribution is 5.98. The molecule has 0 aromatic carbocycles. The fourth-order valence-corrected chi connectivity index (χ4v) is 9.80. The van der Waals surface area contributed by atoms with Crippen molar-refractivity contribution in [3.8, 4) is 0 Å². The lowest BCUT2D eigenvalue weighted by Gasteiger charge is -2.59. The van der Waals surface area contributed by atoms with E-state index >= 15 is 0 Å². The van der Waals surface area contributed by atoms with Gasteiger partial charge in [-0.15, -0.1) is 0 Å². The molecule has 34 heavy (non-hydrogen) atoms. The summed E-state index contributed by atoms with van der Waals surface area (Å²) in [7, 11) is 0. The fraction of sp³-hybridized carbons (Fsp3) is 0.857. The Balaban J connectivity index is 1.30. The standard InChI is InChI=1S/C28H40O6/c1-14-12-22(33-24(31)15(14)2)27(5,32)19-7-6-17-16-13-23-28(34-23)21(30)9-8-20(29)26(28,4)18(16)10-11-25(17,19)3/h8-9,14-19,21-23,30,32H,6-7,10-13H2,1-5H3/t14-,15+,16-,17-,18-,19-,21-,22+,23+,25-,26-,27+,28+/m0/s1. The summed E-state index contributed by atoms with van der Waals surface area (Å²) in [5.41, 5.74) is -2.61. The molecule has 0 bridgehead atoms. The van der Waals surface area contributed by atoms with Crippen molar-refractivity contribution in [3.05, 3.63) is 12.2 Å². The first kappa shape index (κ1) is 23.2. The van der Waals surface area contributed by atoms with E-state index in [0.717, 1.165) is 32.1 Å². The summed E-state index contributed by atoms with van der Waals surface area (Å²) >= 11 is 0. The summed E-state index contributed by atoms with van der Waals surface area (Å²) in [5, 5.41) is 22.8. The summed E-state index contributed by atoms with van der Waals surface area (Å²) < 4.78 is 12.0. The van der Waals surface area contributed by atoms with Gasteiger partial charge in [-0.3, -0.25) is 9.59 Å². The number of rotatable bonds is 2. The van der Waals surface area contributed by atoms with Crippen LogP contribution < -0.4 is 0 Å². The van der Waals surface area contributed by atoms with Crippen LogP contribution in [0.25, 0.3) is 0 Å². The van der Waals surface area contributed by atoms with Gasteiger partial charge < -0.3 is 19.7 Å². The number of allylic oxidation sites excluding steroid dienone is 1. The van der Waals surface area contributed by atoms with Gasteiger partial charge in [-0.25, -0.2) is 0 Å². The Morgan fingerprint density at radius 2 is 1.82 bits per heavy atom. The predicted octanol–water partition coefficient (Wildman–Crippen LogP) is 3.43. The molecule has 0 aromatic heterocycles. The Bertz CT molecular complexity index is 957. The number of aliphatic hydroxyl groups is 2. The molecule has 2 N–H and O–H groups in total. The van der Waals surface area contributed by atoms with Gasteiger partial charge in [0.1, 0.15) is 23.4 Å². The Labute approximate surface area is 202 Å². The number of ketones is 1. The van der Waals surface area contributed by atoms with Crippen molar-refractivity contribution in [1.29, 1.82) is 0 Å². The van der Waals surface area contributed by atoms with Gasteiger partial charge in [-0.2, -0.15) is 0 Å². The van der Waals surface area contributed by atoms with E-state index in [1.807, 2.05) is 20.8 Å². The number of aliphatic hydroxyl groups excluding tert-OH is 1. The molecule has 0 aromatic rings. The lowest BCUT2D eigenvalue weighted by molar-refractivity contribution is -0.202. The Hall–Kier alpha value is -1.24.